The zero-order chi connectivity index (χ0) is 20.4. The number of hydrogen-bond donors (Lipinski definition) is 1. The first-order chi connectivity index (χ1) is 14.0. The topological polar surface area (TPSA) is 49.4 Å². The van der Waals surface area contributed by atoms with Gasteiger partial charge in [0.25, 0.3) is 11.8 Å². The minimum absolute atomic E-state index is 0.0784. The number of anilines is 2. The molecule has 0 bridgehead atoms. The smallest absolute Gasteiger partial charge is 0.258 e. The zero-order valence-electron chi connectivity index (χ0n) is 16.1. The molecule has 29 heavy (non-hydrogen) atoms. The van der Waals surface area contributed by atoms with Crippen molar-refractivity contribution in [1.29, 1.82) is 0 Å². The van der Waals surface area contributed by atoms with Crippen LogP contribution in [0.15, 0.2) is 66.7 Å². The molecular weight excluding hydrogens is 384 g/mol. The molecule has 3 aromatic carbocycles. The summed E-state index contributed by atoms with van der Waals surface area (Å²) in [4.78, 5) is 27.4. The summed E-state index contributed by atoms with van der Waals surface area (Å²) >= 11 is 6.04. The molecule has 1 aliphatic heterocycles. The second kappa shape index (κ2) is 8.10. The molecule has 1 aliphatic rings. The zero-order valence-corrected chi connectivity index (χ0v) is 16.9. The molecule has 0 aliphatic carbocycles. The van der Waals surface area contributed by atoms with Crippen molar-refractivity contribution in [3.05, 3.63) is 94.0 Å². The van der Waals surface area contributed by atoms with Crippen LogP contribution in [0.25, 0.3) is 0 Å². The van der Waals surface area contributed by atoms with Gasteiger partial charge in [0.05, 0.1) is 0 Å². The summed E-state index contributed by atoms with van der Waals surface area (Å²) in [6.07, 6.45) is 1.68. The van der Waals surface area contributed by atoms with Crippen molar-refractivity contribution in [2.24, 2.45) is 0 Å². The Kier molecular flexibility index (Phi) is 5.36. The molecule has 2 amide bonds. The first kappa shape index (κ1) is 19.2. The molecule has 0 saturated carbocycles. The number of hydrogen-bond acceptors (Lipinski definition) is 2. The highest BCUT2D eigenvalue weighted by atomic mass is 35.5. The Labute approximate surface area is 175 Å². The number of halogens is 1. The monoisotopic (exact) mass is 404 g/mol. The van der Waals surface area contributed by atoms with E-state index < -0.39 is 0 Å². The lowest BCUT2D eigenvalue weighted by Crippen LogP contribution is -2.35. The van der Waals surface area contributed by atoms with Crippen molar-refractivity contribution in [2.45, 2.75) is 19.8 Å². The Balaban J connectivity index is 1.57. The summed E-state index contributed by atoms with van der Waals surface area (Å²) in [5, 5.41) is 3.46. The van der Waals surface area contributed by atoms with Crippen molar-refractivity contribution in [3.63, 3.8) is 0 Å². The van der Waals surface area contributed by atoms with E-state index >= 15 is 0 Å². The second-order valence-electron chi connectivity index (χ2n) is 7.23. The molecule has 0 fully saturated rings. The van der Waals surface area contributed by atoms with Gasteiger partial charge in [-0.1, -0.05) is 35.4 Å². The van der Waals surface area contributed by atoms with E-state index in [1.54, 1.807) is 35.2 Å². The van der Waals surface area contributed by atoms with Gasteiger partial charge in [0, 0.05) is 34.1 Å². The molecule has 1 heterocycles. The van der Waals surface area contributed by atoms with Crippen LogP contribution in [-0.4, -0.2) is 18.4 Å². The SMILES string of the molecule is Cc1ccc(NC(=O)c2ccc3c(c2)CCCN3C(=O)c2cccc(Cl)c2)cc1. The maximum atomic E-state index is 13.0. The predicted molar refractivity (Wildman–Crippen MR) is 117 cm³/mol. The minimum Gasteiger partial charge on any atom is -0.322 e. The highest BCUT2D eigenvalue weighted by molar-refractivity contribution is 6.31. The van der Waals surface area contributed by atoms with Crippen molar-refractivity contribution in [1.82, 2.24) is 0 Å². The highest BCUT2D eigenvalue weighted by Crippen LogP contribution is 2.30. The van der Waals surface area contributed by atoms with Gasteiger partial charge in [0.2, 0.25) is 0 Å². The fourth-order valence-corrected chi connectivity index (χ4v) is 3.76. The lowest BCUT2D eigenvalue weighted by molar-refractivity contribution is 0.0984. The van der Waals surface area contributed by atoms with E-state index in [4.69, 9.17) is 11.6 Å². The quantitative estimate of drug-likeness (QED) is 0.627. The van der Waals surface area contributed by atoms with Gasteiger partial charge in [0.1, 0.15) is 0 Å². The molecular formula is C24H21ClN2O2. The summed E-state index contributed by atoms with van der Waals surface area (Å²) in [5.41, 5.74) is 4.90. The number of carbonyl (C=O) groups is 2. The number of carbonyl (C=O) groups excluding carboxylic acids is 2. The van der Waals surface area contributed by atoms with Crippen LogP contribution in [-0.2, 0) is 6.42 Å². The van der Waals surface area contributed by atoms with Crippen LogP contribution in [0.2, 0.25) is 5.02 Å². The molecule has 4 rings (SSSR count). The normalized spacial score (nSPS) is 13.0. The first-order valence-corrected chi connectivity index (χ1v) is 9.97. The van der Waals surface area contributed by atoms with E-state index in [-0.39, 0.29) is 11.8 Å². The number of nitrogens with one attached hydrogen (secondary N) is 1. The number of rotatable bonds is 3. The van der Waals surface area contributed by atoms with Gasteiger partial charge < -0.3 is 10.2 Å². The van der Waals surface area contributed by atoms with E-state index in [1.165, 1.54) is 0 Å². The first-order valence-electron chi connectivity index (χ1n) is 9.59. The molecule has 0 radical (unpaired) electrons. The Bertz CT molecular complexity index is 1080. The second-order valence-corrected chi connectivity index (χ2v) is 7.67. The maximum Gasteiger partial charge on any atom is 0.258 e. The Morgan fingerprint density at radius 3 is 2.52 bits per heavy atom. The third-order valence-corrected chi connectivity index (χ3v) is 5.32. The predicted octanol–water partition coefficient (Wildman–Crippen LogP) is 5.49. The summed E-state index contributed by atoms with van der Waals surface area (Å²) in [7, 11) is 0. The van der Waals surface area contributed by atoms with Gasteiger partial charge >= 0.3 is 0 Å². The average molecular weight is 405 g/mol. The van der Waals surface area contributed by atoms with Crippen LogP contribution in [0, 0.1) is 6.92 Å². The third kappa shape index (κ3) is 4.17. The van der Waals surface area contributed by atoms with Crippen LogP contribution < -0.4 is 10.2 Å². The van der Waals surface area contributed by atoms with E-state index in [0.29, 0.717) is 22.7 Å². The number of amides is 2. The Morgan fingerprint density at radius 2 is 1.76 bits per heavy atom. The van der Waals surface area contributed by atoms with E-state index in [1.807, 2.05) is 43.3 Å². The minimum atomic E-state index is -0.157. The van der Waals surface area contributed by atoms with E-state index in [0.717, 1.165) is 35.3 Å². The van der Waals surface area contributed by atoms with Gasteiger partial charge in [-0.25, -0.2) is 0 Å². The number of nitrogens with zero attached hydrogens (tertiary/aromatic N) is 1. The van der Waals surface area contributed by atoms with Crippen molar-refractivity contribution in [3.8, 4) is 0 Å². The van der Waals surface area contributed by atoms with Crippen LogP contribution in [0.1, 0.15) is 38.3 Å². The number of aryl methyl sites for hydroxylation is 2. The Morgan fingerprint density at radius 1 is 0.966 bits per heavy atom. The molecule has 3 aromatic rings. The van der Waals surface area contributed by atoms with Gasteiger partial charge in [-0.3, -0.25) is 9.59 Å². The van der Waals surface area contributed by atoms with Gasteiger partial charge in [-0.2, -0.15) is 0 Å². The van der Waals surface area contributed by atoms with E-state index in [2.05, 4.69) is 5.32 Å². The number of benzene rings is 3. The van der Waals surface area contributed by atoms with Crippen LogP contribution >= 0.6 is 11.6 Å². The lowest BCUT2D eigenvalue weighted by Gasteiger charge is -2.30. The molecule has 146 valence electrons. The fraction of sp³-hybridized carbons (Fsp3) is 0.167. The number of fused-ring (bicyclic) bond motifs is 1. The van der Waals surface area contributed by atoms with Crippen molar-refractivity contribution in [2.75, 3.05) is 16.8 Å². The molecule has 4 nitrogen and oxygen atoms in total. The van der Waals surface area contributed by atoms with Crippen molar-refractivity contribution < 1.29 is 9.59 Å². The van der Waals surface area contributed by atoms with Crippen LogP contribution in [0.3, 0.4) is 0 Å². The summed E-state index contributed by atoms with van der Waals surface area (Å²) < 4.78 is 0. The largest absolute Gasteiger partial charge is 0.322 e. The molecule has 0 unspecified atom stereocenters. The summed E-state index contributed by atoms with van der Waals surface area (Å²) in [6.45, 7) is 2.65. The molecule has 5 heteroatoms. The van der Waals surface area contributed by atoms with E-state index in [9.17, 15) is 9.59 Å². The standard InChI is InChI=1S/C24H21ClN2O2/c1-16-7-10-21(11-8-16)26-23(28)18-9-12-22-17(14-18)5-3-13-27(22)24(29)19-4-2-6-20(25)15-19/h2,4,6-12,14-15H,3,5,13H2,1H3,(H,26,28). The van der Waals surface area contributed by atoms with Crippen LogP contribution in [0.4, 0.5) is 11.4 Å². The average Bonchev–Trinajstić information content (AvgIpc) is 2.74. The van der Waals surface area contributed by atoms with Gasteiger partial charge in [-0.15, -0.1) is 0 Å². The van der Waals surface area contributed by atoms with Gasteiger partial charge in [0.15, 0.2) is 0 Å². The maximum absolute atomic E-state index is 13.0. The highest BCUT2D eigenvalue weighted by Gasteiger charge is 2.24. The fourth-order valence-electron chi connectivity index (χ4n) is 3.57. The molecule has 0 aromatic heterocycles. The summed E-state index contributed by atoms with van der Waals surface area (Å²) in [6, 6.07) is 20.2. The van der Waals surface area contributed by atoms with Gasteiger partial charge in [-0.05, 0) is 73.9 Å². The molecule has 0 atom stereocenters. The molecule has 0 spiro atoms. The van der Waals surface area contributed by atoms with Crippen molar-refractivity contribution >= 4 is 34.8 Å². The third-order valence-electron chi connectivity index (χ3n) is 5.09. The Hall–Kier alpha value is -3.11. The molecule has 0 saturated heterocycles. The summed E-state index contributed by atoms with van der Waals surface area (Å²) in [5.74, 6) is -0.236. The molecule has 1 N–H and O–H groups in total. The van der Waals surface area contributed by atoms with Crippen LogP contribution in [0.5, 0.6) is 0 Å². The lowest BCUT2D eigenvalue weighted by atomic mass is 9.98.